The molecule has 1 atom stereocenters. The highest BCUT2D eigenvalue weighted by Gasteiger charge is 2.51. The molecule has 1 amide bonds. The summed E-state index contributed by atoms with van der Waals surface area (Å²) in [4.78, 5) is 19.6. The first-order valence-electron chi connectivity index (χ1n) is 7.74. The number of nitrogens with zero attached hydrogens (tertiary/aromatic N) is 2. The summed E-state index contributed by atoms with van der Waals surface area (Å²) in [5, 5.41) is 2.02. The summed E-state index contributed by atoms with van der Waals surface area (Å²) in [5.74, 6) is 1.91. The van der Waals surface area contributed by atoms with Crippen molar-refractivity contribution in [1.29, 1.82) is 0 Å². The van der Waals surface area contributed by atoms with Gasteiger partial charge in [0, 0.05) is 42.4 Å². The van der Waals surface area contributed by atoms with Crippen LogP contribution in [0, 0.1) is 0 Å². The van der Waals surface area contributed by atoms with Gasteiger partial charge in [-0.1, -0.05) is 12.1 Å². The van der Waals surface area contributed by atoms with Gasteiger partial charge in [0.1, 0.15) is 6.10 Å². The Kier molecular flexibility index (Phi) is 4.03. The largest absolute Gasteiger partial charge is 0.473 e. The molecule has 2 aliphatic rings. The third-order valence-electron chi connectivity index (χ3n) is 4.32. The number of thioether (sulfide) groups is 1. The second-order valence-electron chi connectivity index (χ2n) is 6.11. The van der Waals surface area contributed by atoms with Gasteiger partial charge in [-0.3, -0.25) is 4.79 Å². The van der Waals surface area contributed by atoms with E-state index in [1.165, 1.54) is 0 Å². The molecule has 0 saturated carbocycles. The molecule has 2 fully saturated rings. The molecule has 23 heavy (non-hydrogen) atoms. The molecule has 1 spiro atoms. The zero-order valence-corrected chi connectivity index (χ0v) is 14.3. The van der Waals surface area contributed by atoms with Gasteiger partial charge in [0.15, 0.2) is 0 Å². The van der Waals surface area contributed by atoms with E-state index in [0.717, 1.165) is 30.1 Å². The molecule has 0 radical (unpaired) electrons. The molecule has 0 unspecified atom stereocenters. The number of rotatable bonds is 4. The summed E-state index contributed by atoms with van der Waals surface area (Å²) < 4.78 is 6.15. The number of carbonyl (C=O) groups is 1. The zero-order chi connectivity index (χ0) is 15.7. The molecule has 6 heteroatoms. The maximum Gasteiger partial charge on any atom is 0.227 e. The number of pyridine rings is 1. The number of ether oxygens (including phenoxy) is 1. The summed E-state index contributed by atoms with van der Waals surface area (Å²) >= 11 is 3.59. The molecule has 4 nitrogen and oxygen atoms in total. The number of hydrogen-bond acceptors (Lipinski definition) is 5. The van der Waals surface area contributed by atoms with Crippen molar-refractivity contribution in [2.75, 3.05) is 18.8 Å². The van der Waals surface area contributed by atoms with Crippen LogP contribution in [0.2, 0.25) is 0 Å². The lowest BCUT2D eigenvalue weighted by Gasteiger charge is -2.47. The van der Waals surface area contributed by atoms with Crippen LogP contribution in [0.4, 0.5) is 0 Å². The molecule has 2 aliphatic heterocycles. The summed E-state index contributed by atoms with van der Waals surface area (Å²) in [6, 6.07) is 9.75. The number of thiophene rings is 1. The minimum absolute atomic E-state index is 0.199. The second-order valence-corrected chi connectivity index (χ2v) is 8.63. The highest BCUT2D eigenvalue weighted by atomic mass is 32.2. The van der Waals surface area contributed by atoms with Gasteiger partial charge in [0.05, 0.1) is 11.2 Å². The molecular weight excluding hydrogens is 328 g/mol. The quantitative estimate of drug-likeness (QED) is 0.854. The number of amides is 1. The first kappa shape index (κ1) is 15.0. The van der Waals surface area contributed by atoms with Gasteiger partial charge in [-0.25, -0.2) is 4.98 Å². The first-order valence-corrected chi connectivity index (χ1v) is 9.61. The van der Waals surface area contributed by atoms with Crippen molar-refractivity contribution in [3.8, 4) is 5.88 Å². The summed E-state index contributed by atoms with van der Waals surface area (Å²) in [5.41, 5.74) is 0. The van der Waals surface area contributed by atoms with E-state index in [2.05, 4.69) is 4.98 Å². The molecule has 2 aromatic heterocycles. The Morgan fingerprint density at radius 2 is 2.26 bits per heavy atom. The van der Waals surface area contributed by atoms with Crippen molar-refractivity contribution in [3.63, 3.8) is 0 Å². The molecule has 4 rings (SSSR count). The fourth-order valence-electron chi connectivity index (χ4n) is 3.19. The Morgan fingerprint density at radius 3 is 3.00 bits per heavy atom. The van der Waals surface area contributed by atoms with Gasteiger partial charge < -0.3 is 9.64 Å². The van der Waals surface area contributed by atoms with Gasteiger partial charge in [0.25, 0.3) is 0 Å². The third kappa shape index (κ3) is 3.23. The van der Waals surface area contributed by atoms with Crippen LogP contribution in [0.3, 0.4) is 0 Å². The fraction of sp³-hybridized carbons (Fsp3) is 0.412. The Balaban J connectivity index is 1.28. The van der Waals surface area contributed by atoms with Crippen LogP contribution >= 0.6 is 23.1 Å². The predicted octanol–water partition coefficient (Wildman–Crippen LogP) is 2.85. The van der Waals surface area contributed by atoms with Crippen molar-refractivity contribution in [2.45, 2.75) is 23.7 Å². The fourth-order valence-corrected chi connectivity index (χ4v) is 5.41. The van der Waals surface area contributed by atoms with Gasteiger partial charge in [-0.05, 0) is 17.5 Å². The molecule has 0 aromatic carbocycles. The Morgan fingerprint density at radius 1 is 1.35 bits per heavy atom. The highest BCUT2D eigenvalue weighted by molar-refractivity contribution is 8.01. The van der Waals surface area contributed by atoms with Gasteiger partial charge in [-0.15, -0.1) is 23.1 Å². The SMILES string of the molecule is O=C(Cc1cccs1)N1CC2(C[C@@H](Oc3ccccn3)CS2)C1. The van der Waals surface area contributed by atoms with E-state index in [-0.39, 0.29) is 16.8 Å². The molecule has 2 aromatic rings. The predicted molar refractivity (Wildman–Crippen MR) is 93.1 cm³/mol. The molecule has 0 aliphatic carbocycles. The maximum absolute atomic E-state index is 12.3. The summed E-state index contributed by atoms with van der Waals surface area (Å²) in [6.45, 7) is 1.70. The van der Waals surface area contributed by atoms with Crippen molar-refractivity contribution >= 4 is 29.0 Å². The highest BCUT2D eigenvalue weighted by Crippen LogP contribution is 2.46. The molecule has 4 heterocycles. The van der Waals surface area contributed by atoms with Crippen LogP contribution in [0.5, 0.6) is 5.88 Å². The van der Waals surface area contributed by atoms with E-state index in [1.54, 1.807) is 17.5 Å². The summed E-state index contributed by atoms with van der Waals surface area (Å²) in [7, 11) is 0. The van der Waals surface area contributed by atoms with Gasteiger partial charge in [0.2, 0.25) is 11.8 Å². The molecule has 0 bridgehead atoms. The van der Waals surface area contributed by atoms with Crippen molar-refractivity contribution < 1.29 is 9.53 Å². The van der Waals surface area contributed by atoms with E-state index in [0.29, 0.717) is 12.3 Å². The minimum Gasteiger partial charge on any atom is -0.473 e. The van der Waals surface area contributed by atoms with E-state index in [4.69, 9.17) is 4.74 Å². The molecular formula is C17H18N2O2S2. The average molecular weight is 346 g/mol. The van der Waals surface area contributed by atoms with Crippen LogP contribution in [-0.4, -0.2) is 45.5 Å². The zero-order valence-electron chi connectivity index (χ0n) is 12.7. The lowest BCUT2D eigenvalue weighted by Crippen LogP contribution is -2.61. The van der Waals surface area contributed by atoms with Crippen molar-refractivity contribution in [3.05, 3.63) is 46.8 Å². The molecule has 2 saturated heterocycles. The minimum atomic E-state index is 0.199. The average Bonchev–Trinajstić information content (AvgIpc) is 3.16. The Bertz CT molecular complexity index is 669. The van der Waals surface area contributed by atoms with E-state index in [1.807, 2.05) is 52.4 Å². The second kappa shape index (κ2) is 6.17. The smallest absolute Gasteiger partial charge is 0.227 e. The van der Waals surface area contributed by atoms with E-state index in [9.17, 15) is 4.79 Å². The number of hydrogen-bond donors (Lipinski definition) is 0. The van der Waals surface area contributed by atoms with Gasteiger partial charge >= 0.3 is 0 Å². The van der Waals surface area contributed by atoms with Crippen molar-refractivity contribution in [2.24, 2.45) is 0 Å². The lowest BCUT2D eigenvalue weighted by molar-refractivity contribution is -0.135. The van der Waals surface area contributed by atoms with Crippen LogP contribution in [0.15, 0.2) is 41.9 Å². The number of carbonyl (C=O) groups excluding carboxylic acids is 1. The van der Waals surface area contributed by atoms with Crippen LogP contribution in [0.1, 0.15) is 11.3 Å². The standard InChI is InChI=1S/C17H18N2O2S2/c20-16(8-14-4-3-7-22-14)19-11-17(12-19)9-13(10-23-17)21-15-5-1-2-6-18-15/h1-7,13H,8-12H2/t13-/m1/s1. The maximum atomic E-state index is 12.3. The van der Waals surface area contributed by atoms with E-state index < -0.39 is 0 Å². The topological polar surface area (TPSA) is 42.4 Å². The lowest BCUT2D eigenvalue weighted by atomic mass is 9.92. The van der Waals surface area contributed by atoms with Crippen molar-refractivity contribution in [1.82, 2.24) is 9.88 Å². The molecule has 120 valence electrons. The van der Waals surface area contributed by atoms with Crippen LogP contribution in [-0.2, 0) is 11.2 Å². The van der Waals surface area contributed by atoms with Crippen LogP contribution < -0.4 is 4.74 Å². The van der Waals surface area contributed by atoms with Crippen LogP contribution in [0.25, 0.3) is 0 Å². The van der Waals surface area contributed by atoms with Gasteiger partial charge in [-0.2, -0.15) is 0 Å². The summed E-state index contributed by atoms with van der Waals surface area (Å²) in [6.07, 6.45) is 3.48. The third-order valence-corrected chi connectivity index (χ3v) is 6.77. The number of likely N-dealkylation sites (tertiary alicyclic amines) is 1. The van der Waals surface area contributed by atoms with E-state index >= 15 is 0 Å². The Labute approximate surface area is 143 Å². The monoisotopic (exact) mass is 346 g/mol. The normalized spacial score (nSPS) is 22.1. The number of aromatic nitrogens is 1. The Hall–Kier alpha value is -1.53. The molecule has 0 N–H and O–H groups in total. The first-order chi connectivity index (χ1) is 11.2.